The lowest BCUT2D eigenvalue weighted by atomic mass is 10.3. The summed E-state index contributed by atoms with van der Waals surface area (Å²) < 4.78 is 27.9. The molecule has 0 spiro atoms. The van der Waals surface area contributed by atoms with Crippen molar-refractivity contribution in [3.05, 3.63) is 42.5 Å². The number of rotatable bonds is 7. The highest BCUT2D eigenvalue weighted by molar-refractivity contribution is 7.99. The minimum atomic E-state index is -3.59. The minimum absolute atomic E-state index is 0.172. The first-order valence-corrected chi connectivity index (χ1v) is 12.4. The van der Waals surface area contributed by atoms with Gasteiger partial charge < -0.3 is 10.3 Å². The Balaban J connectivity index is 1.43. The lowest BCUT2D eigenvalue weighted by molar-refractivity contribution is -0.113. The van der Waals surface area contributed by atoms with Gasteiger partial charge in [0.15, 0.2) is 10.3 Å². The summed E-state index contributed by atoms with van der Waals surface area (Å²) in [4.78, 5) is 24.4. The van der Waals surface area contributed by atoms with Crippen LogP contribution in [0.25, 0.3) is 21.3 Å². The van der Waals surface area contributed by atoms with Crippen molar-refractivity contribution in [2.45, 2.75) is 29.9 Å². The molecule has 2 aromatic carbocycles. The largest absolute Gasteiger partial charge is 0.333 e. The summed E-state index contributed by atoms with van der Waals surface area (Å²) in [7, 11) is -3.59. The van der Waals surface area contributed by atoms with Crippen LogP contribution in [0.4, 0.5) is 5.13 Å². The van der Waals surface area contributed by atoms with Gasteiger partial charge in [-0.25, -0.2) is 23.1 Å². The molecule has 0 radical (unpaired) electrons. The van der Waals surface area contributed by atoms with E-state index in [1.54, 1.807) is 26.0 Å². The van der Waals surface area contributed by atoms with E-state index in [2.05, 4.69) is 25.0 Å². The number of carbonyl (C=O) groups excluding carboxylic acids is 1. The van der Waals surface area contributed by atoms with Crippen molar-refractivity contribution in [3.8, 4) is 0 Å². The van der Waals surface area contributed by atoms with E-state index in [1.807, 2.05) is 24.3 Å². The topological polar surface area (TPSA) is 117 Å². The standard InChI is InChI=1S/C19H19N5O3S3/c1-11(2)24-30(26,27)12-7-8-15-16(9-12)29-19(22-15)23-17(25)10-28-18-20-13-5-3-4-6-14(13)21-18/h3-9,11,24H,10H2,1-2H3,(H,20,21)(H,22,23,25). The summed E-state index contributed by atoms with van der Waals surface area (Å²) in [6.07, 6.45) is 0. The molecular formula is C19H19N5O3S3. The van der Waals surface area contributed by atoms with Gasteiger partial charge in [0.2, 0.25) is 15.9 Å². The number of hydrogen-bond donors (Lipinski definition) is 3. The monoisotopic (exact) mass is 461 g/mol. The van der Waals surface area contributed by atoms with Gasteiger partial charge in [-0.3, -0.25) is 4.79 Å². The predicted molar refractivity (Wildman–Crippen MR) is 121 cm³/mol. The van der Waals surface area contributed by atoms with E-state index in [1.165, 1.54) is 29.2 Å². The first kappa shape index (κ1) is 20.8. The molecule has 0 unspecified atom stereocenters. The second kappa shape index (κ2) is 8.34. The predicted octanol–water partition coefficient (Wildman–Crippen LogP) is 3.59. The number of para-hydroxylation sites is 2. The lowest BCUT2D eigenvalue weighted by Crippen LogP contribution is -2.30. The number of benzene rings is 2. The van der Waals surface area contributed by atoms with Crippen LogP contribution < -0.4 is 10.0 Å². The molecule has 2 aromatic heterocycles. The molecule has 11 heteroatoms. The second-order valence-electron chi connectivity index (χ2n) is 6.82. The number of hydrogen-bond acceptors (Lipinski definition) is 7. The number of anilines is 1. The van der Waals surface area contributed by atoms with Crippen molar-refractivity contribution in [2.75, 3.05) is 11.1 Å². The molecule has 0 atom stereocenters. The number of amides is 1. The van der Waals surface area contributed by atoms with Crippen LogP contribution in [0.2, 0.25) is 0 Å². The third-order valence-corrected chi connectivity index (χ3v) is 7.48. The molecule has 2 heterocycles. The van der Waals surface area contributed by atoms with Gasteiger partial charge >= 0.3 is 0 Å². The first-order chi connectivity index (χ1) is 14.3. The number of thiazole rings is 1. The number of nitrogens with one attached hydrogen (secondary N) is 3. The number of aromatic nitrogens is 3. The molecule has 8 nitrogen and oxygen atoms in total. The summed E-state index contributed by atoms with van der Waals surface area (Å²) in [5.41, 5.74) is 2.40. The van der Waals surface area contributed by atoms with Gasteiger partial charge in [-0.2, -0.15) is 0 Å². The molecule has 0 bridgehead atoms. The van der Waals surface area contributed by atoms with Crippen molar-refractivity contribution in [3.63, 3.8) is 0 Å². The third kappa shape index (κ3) is 4.64. The van der Waals surface area contributed by atoms with Crippen LogP contribution >= 0.6 is 23.1 Å². The fourth-order valence-electron chi connectivity index (χ4n) is 2.79. The van der Waals surface area contributed by atoms with E-state index in [-0.39, 0.29) is 22.6 Å². The van der Waals surface area contributed by atoms with Crippen LogP contribution in [0, 0.1) is 0 Å². The zero-order chi connectivity index (χ0) is 21.3. The molecule has 0 saturated heterocycles. The highest BCUT2D eigenvalue weighted by atomic mass is 32.2. The Morgan fingerprint density at radius 2 is 1.97 bits per heavy atom. The molecule has 3 N–H and O–H groups in total. The number of nitrogens with zero attached hydrogens (tertiary/aromatic N) is 2. The zero-order valence-electron chi connectivity index (χ0n) is 16.2. The maximum absolute atomic E-state index is 12.3. The third-order valence-electron chi connectivity index (χ3n) is 4.02. The summed E-state index contributed by atoms with van der Waals surface area (Å²) in [6.45, 7) is 3.53. The van der Waals surface area contributed by atoms with Crippen molar-refractivity contribution < 1.29 is 13.2 Å². The van der Waals surface area contributed by atoms with Crippen molar-refractivity contribution in [1.29, 1.82) is 0 Å². The quantitative estimate of drug-likeness (QED) is 0.362. The molecule has 4 aromatic rings. The van der Waals surface area contributed by atoms with Gasteiger partial charge in [0.05, 0.1) is 31.9 Å². The molecule has 0 aliphatic heterocycles. The molecule has 1 amide bonds. The number of aromatic amines is 1. The van der Waals surface area contributed by atoms with Crippen molar-refractivity contribution in [2.24, 2.45) is 0 Å². The number of thioether (sulfide) groups is 1. The smallest absolute Gasteiger partial charge is 0.240 e. The summed E-state index contributed by atoms with van der Waals surface area (Å²) >= 11 is 2.53. The highest BCUT2D eigenvalue weighted by Crippen LogP contribution is 2.28. The van der Waals surface area contributed by atoms with Gasteiger partial charge in [0, 0.05) is 6.04 Å². The second-order valence-corrected chi connectivity index (χ2v) is 10.5. The SMILES string of the molecule is CC(C)NS(=O)(=O)c1ccc2nc(NC(=O)CSc3nc4ccccc4[nH]3)sc2c1. The number of imidazole rings is 1. The summed E-state index contributed by atoms with van der Waals surface area (Å²) in [6, 6.07) is 12.2. The Morgan fingerprint density at radius 1 is 1.17 bits per heavy atom. The lowest BCUT2D eigenvalue weighted by Gasteiger charge is -2.09. The summed E-state index contributed by atoms with van der Waals surface area (Å²) in [5.74, 6) is -0.0398. The van der Waals surface area contributed by atoms with Crippen LogP contribution in [0.1, 0.15) is 13.8 Å². The van der Waals surface area contributed by atoms with Crippen LogP contribution in [-0.2, 0) is 14.8 Å². The normalized spacial score (nSPS) is 12.1. The van der Waals surface area contributed by atoms with E-state index in [0.717, 1.165) is 11.0 Å². The Kier molecular flexibility index (Phi) is 5.78. The van der Waals surface area contributed by atoms with E-state index in [9.17, 15) is 13.2 Å². The number of carbonyl (C=O) groups is 1. The molecular weight excluding hydrogens is 442 g/mol. The van der Waals surface area contributed by atoms with Crippen LogP contribution in [-0.4, -0.2) is 41.1 Å². The number of sulfonamides is 1. The van der Waals surface area contributed by atoms with Crippen molar-refractivity contribution in [1.82, 2.24) is 19.7 Å². The Bertz CT molecular complexity index is 1290. The molecule has 156 valence electrons. The fraction of sp³-hybridized carbons (Fsp3) is 0.211. The van der Waals surface area contributed by atoms with Gasteiger partial charge in [-0.1, -0.05) is 35.2 Å². The zero-order valence-corrected chi connectivity index (χ0v) is 18.6. The van der Waals surface area contributed by atoms with E-state index < -0.39 is 10.0 Å². The van der Waals surface area contributed by atoms with Gasteiger partial charge in [-0.15, -0.1) is 0 Å². The maximum atomic E-state index is 12.3. The van der Waals surface area contributed by atoms with Crippen LogP contribution in [0.5, 0.6) is 0 Å². The van der Waals surface area contributed by atoms with Gasteiger partial charge in [0.25, 0.3) is 0 Å². The number of fused-ring (bicyclic) bond motifs is 2. The van der Waals surface area contributed by atoms with Crippen LogP contribution in [0.15, 0.2) is 52.5 Å². The van der Waals surface area contributed by atoms with Crippen LogP contribution in [0.3, 0.4) is 0 Å². The molecule has 0 aliphatic rings. The fourth-order valence-corrected chi connectivity index (χ4v) is 5.75. The van der Waals surface area contributed by atoms with Crippen molar-refractivity contribution >= 4 is 65.4 Å². The molecule has 0 aliphatic carbocycles. The molecule has 0 fully saturated rings. The van der Waals surface area contributed by atoms with E-state index >= 15 is 0 Å². The van der Waals surface area contributed by atoms with Gasteiger partial charge in [-0.05, 0) is 44.2 Å². The summed E-state index contributed by atoms with van der Waals surface area (Å²) in [5, 5.41) is 3.86. The first-order valence-electron chi connectivity index (χ1n) is 9.10. The average molecular weight is 462 g/mol. The average Bonchev–Trinajstić information content (AvgIpc) is 3.27. The molecule has 30 heavy (non-hydrogen) atoms. The van der Waals surface area contributed by atoms with Gasteiger partial charge in [0.1, 0.15) is 0 Å². The maximum Gasteiger partial charge on any atom is 0.240 e. The molecule has 4 rings (SSSR count). The van der Waals surface area contributed by atoms with E-state index in [0.29, 0.717) is 20.5 Å². The highest BCUT2D eigenvalue weighted by Gasteiger charge is 2.17. The Morgan fingerprint density at radius 3 is 2.73 bits per heavy atom. The molecule has 0 saturated carbocycles. The Labute approximate surface area is 181 Å². The van der Waals surface area contributed by atoms with E-state index in [4.69, 9.17) is 0 Å². The number of H-pyrrole nitrogens is 1. The Hall–Kier alpha value is -2.47. The minimum Gasteiger partial charge on any atom is -0.333 e.